The summed E-state index contributed by atoms with van der Waals surface area (Å²) in [5.41, 5.74) is 0. The Morgan fingerprint density at radius 1 is 0.800 bits per heavy atom. The minimum atomic E-state index is -1.15. The molecule has 0 saturated heterocycles. The summed E-state index contributed by atoms with van der Waals surface area (Å²) in [5.74, 6) is -4.98. The molecule has 0 aromatic carbocycles. The van der Waals surface area contributed by atoms with Gasteiger partial charge in [-0.2, -0.15) is 0 Å². The number of carboxylic acid groups (broad SMARTS) is 2. The number of hydrogen-bond acceptors (Lipinski definition) is 6. The Bertz CT molecular complexity index is 340. The van der Waals surface area contributed by atoms with Gasteiger partial charge < -0.3 is 19.7 Å². The van der Waals surface area contributed by atoms with E-state index in [4.69, 9.17) is 19.7 Å². The van der Waals surface area contributed by atoms with Gasteiger partial charge in [-0.1, -0.05) is 0 Å². The molecule has 0 unspecified atom stereocenters. The summed E-state index contributed by atoms with van der Waals surface area (Å²) < 4.78 is 9.48. The Morgan fingerprint density at radius 2 is 1.10 bits per heavy atom. The number of carbonyl (C=O) groups is 4. The molecule has 0 fully saturated rings. The minimum Gasteiger partial charge on any atom is -0.481 e. The fourth-order valence-corrected chi connectivity index (χ4v) is 1.62. The maximum Gasteiger partial charge on any atom is 0.303 e. The molecule has 0 saturated carbocycles. The van der Waals surface area contributed by atoms with Crippen molar-refractivity contribution in [2.45, 2.75) is 26.7 Å². The van der Waals surface area contributed by atoms with Crippen molar-refractivity contribution < 1.29 is 38.9 Å². The van der Waals surface area contributed by atoms with Gasteiger partial charge in [0, 0.05) is 25.7 Å². The van der Waals surface area contributed by atoms with E-state index in [2.05, 4.69) is 0 Å². The van der Waals surface area contributed by atoms with Crippen LogP contribution in [0.1, 0.15) is 26.7 Å². The SMILES string of the molecule is CC(=O)OC[C@H](CC(=O)O)[C@H](COC(C)=O)CC(=O)O. The van der Waals surface area contributed by atoms with Crippen molar-refractivity contribution in [1.82, 2.24) is 0 Å². The van der Waals surface area contributed by atoms with E-state index in [1.54, 1.807) is 0 Å². The maximum absolute atomic E-state index is 10.8. The fourth-order valence-electron chi connectivity index (χ4n) is 1.62. The molecule has 114 valence electrons. The summed E-state index contributed by atoms with van der Waals surface area (Å²) in [6.45, 7) is 1.86. The van der Waals surface area contributed by atoms with Crippen LogP contribution in [0.5, 0.6) is 0 Å². The van der Waals surface area contributed by atoms with Gasteiger partial charge in [-0.15, -0.1) is 0 Å². The smallest absolute Gasteiger partial charge is 0.303 e. The lowest BCUT2D eigenvalue weighted by Crippen LogP contribution is -2.30. The lowest BCUT2D eigenvalue weighted by atomic mass is 9.88. The minimum absolute atomic E-state index is 0.235. The van der Waals surface area contributed by atoms with Crippen molar-refractivity contribution in [2.75, 3.05) is 13.2 Å². The summed E-state index contributed by atoms with van der Waals surface area (Å²) in [5, 5.41) is 17.6. The highest BCUT2D eigenvalue weighted by Gasteiger charge is 2.28. The molecule has 0 aliphatic rings. The molecule has 0 amide bonds. The lowest BCUT2D eigenvalue weighted by Gasteiger charge is -2.23. The zero-order valence-electron chi connectivity index (χ0n) is 11.3. The van der Waals surface area contributed by atoms with E-state index in [0.29, 0.717) is 0 Å². The molecule has 20 heavy (non-hydrogen) atoms. The molecule has 0 spiro atoms. The van der Waals surface area contributed by atoms with Crippen LogP contribution in [-0.4, -0.2) is 47.3 Å². The molecule has 0 aliphatic carbocycles. The average Bonchev–Trinajstić information content (AvgIpc) is 2.28. The molecule has 0 aromatic rings. The maximum atomic E-state index is 10.8. The second kappa shape index (κ2) is 8.89. The summed E-state index contributed by atoms with van der Waals surface area (Å²) in [7, 11) is 0. The predicted molar refractivity (Wildman–Crippen MR) is 64.8 cm³/mol. The number of ether oxygens (including phenoxy) is 2. The highest BCUT2D eigenvalue weighted by atomic mass is 16.5. The van der Waals surface area contributed by atoms with Crippen LogP contribution >= 0.6 is 0 Å². The Balaban J connectivity index is 4.83. The van der Waals surface area contributed by atoms with Crippen LogP contribution in [0.15, 0.2) is 0 Å². The topological polar surface area (TPSA) is 127 Å². The van der Waals surface area contributed by atoms with Gasteiger partial charge in [0.2, 0.25) is 0 Å². The van der Waals surface area contributed by atoms with E-state index in [1.807, 2.05) is 0 Å². The van der Waals surface area contributed by atoms with Gasteiger partial charge in [-0.25, -0.2) is 0 Å². The van der Waals surface area contributed by atoms with Gasteiger partial charge in [-0.05, 0) is 0 Å². The molecule has 0 bridgehead atoms. The average molecular weight is 290 g/mol. The van der Waals surface area contributed by atoms with Gasteiger partial charge in [0.1, 0.15) is 0 Å². The van der Waals surface area contributed by atoms with Gasteiger partial charge in [0.15, 0.2) is 0 Å². The lowest BCUT2D eigenvalue weighted by molar-refractivity contribution is -0.152. The zero-order valence-corrected chi connectivity index (χ0v) is 11.3. The quantitative estimate of drug-likeness (QED) is 0.580. The van der Waals surface area contributed by atoms with Crippen LogP contribution in [0.2, 0.25) is 0 Å². The van der Waals surface area contributed by atoms with E-state index in [-0.39, 0.29) is 26.1 Å². The molecule has 0 heterocycles. The second-order valence-electron chi connectivity index (χ2n) is 4.32. The fraction of sp³-hybridized carbons (Fsp3) is 0.667. The van der Waals surface area contributed by atoms with E-state index in [9.17, 15) is 19.2 Å². The van der Waals surface area contributed by atoms with Crippen molar-refractivity contribution >= 4 is 23.9 Å². The number of rotatable bonds is 9. The summed E-state index contributed by atoms with van der Waals surface area (Å²) in [6.07, 6.45) is -0.765. The zero-order chi connectivity index (χ0) is 15.7. The molecule has 0 rings (SSSR count). The molecular formula is C12H18O8. The van der Waals surface area contributed by atoms with Crippen LogP contribution < -0.4 is 0 Å². The monoisotopic (exact) mass is 290 g/mol. The van der Waals surface area contributed by atoms with Gasteiger partial charge in [-0.3, -0.25) is 19.2 Å². The van der Waals surface area contributed by atoms with Crippen molar-refractivity contribution in [3.63, 3.8) is 0 Å². The molecule has 2 N–H and O–H groups in total. The number of hydrogen-bond donors (Lipinski definition) is 2. The van der Waals surface area contributed by atoms with Crippen molar-refractivity contribution in [3.8, 4) is 0 Å². The van der Waals surface area contributed by atoms with E-state index in [1.165, 1.54) is 0 Å². The first-order chi connectivity index (χ1) is 9.22. The van der Waals surface area contributed by atoms with E-state index < -0.39 is 35.7 Å². The van der Waals surface area contributed by atoms with Crippen LogP contribution in [0.3, 0.4) is 0 Å². The Hall–Kier alpha value is -2.12. The molecular weight excluding hydrogens is 272 g/mol. The Morgan fingerprint density at radius 3 is 1.30 bits per heavy atom. The highest BCUT2D eigenvalue weighted by molar-refractivity contribution is 5.69. The second-order valence-corrected chi connectivity index (χ2v) is 4.32. The van der Waals surface area contributed by atoms with E-state index in [0.717, 1.165) is 13.8 Å². The highest BCUT2D eigenvalue weighted by Crippen LogP contribution is 2.21. The van der Waals surface area contributed by atoms with Crippen LogP contribution in [0.4, 0.5) is 0 Å². The standard InChI is InChI=1S/C12H18O8/c1-7(13)19-5-9(3-11(15)16)10(4-12(17)18)6-20-8(2)14/h9-10H,3-6H2,1-2H3,(H,15,16)(H,17,18)/t9-,10-/m0/s1. The molecule has 8 nitrogen and oxygen atoms in total. The first-order valence-corrected chi connectivity index (χ1v) is 5.92. The number of aliphatic carboxylic acids is 2. The summed E-state index contributed by atoms with van der Waals surface area (Å²) >= 11 is 0. The number of carbonyl (C=O) groups excluding carboxylic acids is 2. The van der Waals surface area contributed by atoms with Crippen molar-refractivity contribution in [3.05, 3.63) is 0 Å². The first kappa shape index (κ1) is 17.9. The molecule has 0 aromatic heterocycles. The summed E-state index contributed by atoms with van der Waals surface area (Å²) in [4.78, 5) is 43.1. The predicted octanol–water partition coefficient (Wildman–Crippen LogP) is 0.294. The van der Waals surface area contributed by atoms with Crippen LogP contribution in [-0.2, 0) is 28.7 Å². The Labute approximate surface area is 115 Å². The van der Waals surface area contributed by atoms with Crippen molar-refractivity contribution in [1.29, 1.82) is 0 Å². The van der Waals surface area contributed by atoms with E-state index >= 15 is 0 Å². The third kappa shape index (κ3) is 8.90. The van der Waals surface area contributed by atoms with Crippen LogP contribution in [0, 0.1) is 11.8 Å². The molecule has 0 radical (unpaired) electrons. The number of esters is 2. The third-order valence-electron chi connectivity index (χ3n) is 2.54. The van der Waals surface area contributed by atoms with Crippen molar-refractivity contribution in [2.24, 2.45) is 11.8 Å². The largest absolute Gasteiger partial charge is 0.481 e. The van der Waals surface area contributed by atoms with Crippen LogP contribution in [0.25, 0.3) is 0 Å². The normalized spacial score (nSPS) is 13.1. The molecule has 8 heteroatoms. The molecule has 2 atom stereocenters. The summed E-state index contributed by atoms with van der Waals surface area (Å²) in [6, 6.07) is 0. The van der Waals surface area contributed by atoms with Gasteiger partial charge in [0.05, 0.1) is 26.1 Å². The number of carboxylic acids is 2. The third-order valence-corrected chi connectivity index (χ3v) is 2.54. The first-order valence-electron chi connectivity index (χ1n) is 5.92. The van der Waals surface area contributed by atoms with Gasteiger partial charge >= 0.3 is 23.9 Å². The Kier molecular flexibility index (Phi) is 7.95. The molecule has 0 aliphatic heterocycles. The van der Waals surface area contributed by atoms with Gasteiger partial charge in [0.25, 0.3) is 0 Å².